The number of carbonyl (C=O) groups excluding carboxylic acids is 2. The van der Waals surface area contributed by atoms with Crippen LogP contribution in [0.1, 0.15) is 39.2 Å². The second-order valence-electron chi connectivity index (χ2n) is 10.4. The first-order valence-corrected chi connectivity index (χ1v) is 14.4. The topological polar surface area (TPSA) is 158 Å². The summed E-state index contributed by atoms with van der Waals surface area (Å²) in [5.41, 5.74) is -3.91. The molecule has 0 saturated carbocycles. The zero-order valence-electron chi connectivity index (χ0n) is 25.7. The van der Waals surface area contributed by atoms with Crippen molar-refractivity contribution in [2.24, 2.45) is 0 Å². The molecule has 2 unspecified atom stereocenters. The minimum absolute atomic E-state index is 0.00549. The third-order valence-corrected chi connectivity index (χ3v) is 6.52. The lowest BCUT2D eigenvalue weighted by molar-refractivity contribution is -0.384. The number of non-ortho nitro benzene ring substituents is 1. The van der Waals surface area contributed by atoms with Crippen molar-refractivity contribution in [2.45, 2.75) is 52.0 Å². The first-order valence-electron chi connectivity index (χ1n) is 14.4. The fraction of sp³-hybridized carbons (Fsp3) is 0.419. The Hall–Kier alpha value is -4.63. The van der Waals surface area contributed by atoms with Crippen LogP contribution in [0.15, 0.2) is 71.1 Å². The molecule has 0 bridgehead atoms. The molecule has 0 fully saturated rings. The number of nitrogens with zero attached hydrogens (tertiary/aromatic N) is 1. The number of ether oxygens (including phenoxy) is 4. The van der Waals surface area contributed by atoms with E-state index in [1.807, 2.05) is 6.07 Å². The van der Waals surface area contributed by atoms with E-state index in [1.54, 1.807) is 24.3 Å². The van der Waals surface area contributed by atoms with Gasteiger partial charge in [-0.25, -0.2) is 9.59 Å². The molecule has 46 heavy (non-hydrogen) atoms. The second-order valence-corrected chi connectivity index (χ2v) is 10.4. The molecule has 2 aromatic carbocycles. The Bertz CT molecular complexity index is 1460. The Labute approximate surface area is 263 Å². The SMILES string of the molecule is CCOC(=O)C1=C(C(F)(F)F)NC(C)=C(C(=O)OC(C)C)C1c1cc([N+](=O)[O-])ccc1OCCNCC(O)COc1ccccc1. The largest absolute Gasteiger partial charge is 0.492 e. The number of dihydropyridines is 1. The van der Waals surface area contributed by atoms with E-state index in [0.717, 1.165) is 12.1 Å². The molecule has 0 amide bonds. The van der Waals surface area contributed by atoms with Crippen LogP contribution in [0, 0.1) is 10.1 Å². The fourth-order valence-electron chi connectivity index (χ4n) is 4.62. The molecule has 12 nitrogen and oxygen atoms in total. The highest BCUT2D eigenvalue weighted by Gasteiger charge is 2.48. The Balaban J connectivity index is 1.96. The number of esters is 2. The molecule has 1 aliphatic heterocycles. The molecule has 1 heterocycles. The number of hydrogen-bond donors (Lipinski definition) is 3. The standard InChI is InChI=1S/C31H36F3N3O9/c1-5-43-29(39)27-26(25(30(40)46-18(2)3)19(4)36-28(27)31(32,33)34)23-15-20(37(41)42)11-12-24(23)44-14-13-35-16-21(38)17-45-22-9-7-6-8-10-22/h6-12,15,18,21,26,35-36,38H,5,13-14,16-17H2,1-4H3. The predicted octanol–water partition coefficient (Wildman–Crippen LogP) is 4.30. The van der Waals surface area contributed by atoms with E-state index in [4.69, 9.17) is 18.9 Å². The summed E-state index contributed by atoms with van der Waals surface area (Å²) in [6, 6.07) is 12.1. The van der Waals surface area contributed by atoms with E-state index in [9.17, 15) is 38.0 Å². The normalized spacial score (nSPS) is 15.7. The van der Waals surface area contributed by atoms with E-state index in [1.165, 1.54) is 33.8 Å². The molecule has 3 rings (SSSR count). The number of aliphatic hydroxyl groups is 1. The summed E-state index contributed by atoms with van der Waals surface area (Å²) >= 11 is 0. The molecule has 2 atom stereocenters. The number of allylic oxidation sites excluding steroid dienone is 2. The Morgan fingerprint density at radius 2 is 1.78 bits per heavy atom. The van der Waals surface area contributed by atoms with Crippen molar-refractivity contribution >= 4 is 17.6 Å². The molecular weight excluding hydrogens is 615 g/mol. The number of aliphatic hydroxyl groups excluding tert-OH is 1. The maximum absolute atomic E-state index is 14.4. The number of halogens is 3. The van der Waals surface area contributed by atoms with Crippen LogP contribution in [0.25, 0.3) is 0 Å². The van der Waals surface area contributed by atoms with Gasteiger partial charge in [0.15, 0.2) is 0 Å². The maximum atomic E-state index is 14.4. The van der Waals surface area contributed by atoms with E-state index in [-0.39, 0.29) is 55.5 Å². The quantitative estimate of drug-likeness (QED) is 0.109. The second kappa shape index (κ2) is 16.1. The molecule has 0 aromatic heterocycles. The molecule has 3 N–H and O–H groups in total. The number of alkyl halides is 3. The van der Waals surface area contributed by atoms with Gasteiger partial charge in [0.1, 0.15) is 36.5 Å². The molecule has 2 aromatic rings. The van der Waals surface area contributed by atoms with Crippen LogP contribution >= 0.6 is 0 Å². The smallest absolute Gasteiger partial charge is 0.431 e. The number of nitrogens with one attached hydrogen (secondary N) is 2. The van der Waals surface area contributed by atoms with Gasteiger partial charge >= 0.3 is 18.1 Å². The maximum Gasteiger partial charge on any atom is 0.431 e. The monoisotopic (exact) mass is 651 g/mol. The number of benzene rings is 2. The average molecular weight is 652 g/mol. The van der Waals surface area contributed by atoms with Crippen molar-refractivity contribution in [1.29, 1.82) is 0 Å². The van der Waals surface area contributed by atoms with Gasteiger partial charge in [-0.15, -0.1) is 0 Å². The van der Waals surface area contributed by atoms with E-state index >= 15 is 0 Å². The van der Waals surface area contributed by atoms with Gasteiger partial charge in [0.2, 0.25) is 0 Å². The summed E-state index contributed by atoms with van der Waals surface area (Å²) in [5, 5.41) is 27.0. The van der Waals surface area contributed by atoms with Crippen LogP contribution in [0.3, 0.4) is 0 Å². The number of para-hydroxylation sites is 1. The minimum atomic E-state index is -5.11. The molecule has 0 aliphatic carbocycles. The van der Waals surface area contributed by atoms with E-state index in [2.05, 4.69) is 10.6 Å². The number of carbonyl (C=O) groups is 2. The Morgan fingerprint density at radius 3 is 2.39 bits per heavy atom. The molecular formula is C31H36F3N3O9. The van der Waals surface area contributed by atoms with E-state index in [0.29, 0.717) is 5.75 Å². The highest BCUT2D eigenvalue weighted by molar-refractivity contribution is 6.00. The third-order valence-electron chi connectivity index (χ3n) is 6.52. The lowest BCUT2D eigenvalue weighted by atomic mass is 9.79. The van der Waals surface area contributed by atoms with Crippen molar-refractivity contribution in [2.75, 3.05) is 32.9 Å². The van der Waals surface area contributed by atoms with Crippen molar-refractivity contribution in [3.05, 3.63) is 86.7 Å². The fourth-order valence-corrected chi connectivity index (χ4v) is 4.62. The molecule has 0 saturated heterocycles. The van der Waals surface area contributed by atoms with Gasteiger partial charge in [-0.1, -0.05) is 18.2 Å². The van der Waals surface area contributed by atoms with Crippen LogP contribution in [0.5, 0.6) is 11.5 Å². The summed E-state index contributed by atoms with van der Waals surface area (Å²) in [6.45, 7) is 5.50. The summed E-state index contributed by atoms with van der Waals surface area (Å²) in [6.07, 6.45) is -6.68. The predicted molar refractivity (Wildman–Crippen MR) is 159 cm³/mol. The molecule has 1 aliphatic rings. The van der Waals surface area contributed by atoms with Crippen molar-refractivity contribution < 1.29 is 51.7 Å². The number of nitro benzene ring substituents is 1. The molecule has 250 valence electrons. The average Bonchev–Trinajstić information content (AvgIpc) is 2.99. The Morgan fingerprint density at radius 1 is 1.09 bits per heavy atom. The lowest BCUT2D eigenvalue weighted by Crippen LogP contribution is -2.39. The Kier molecular flexibility index (Phi) is 12.5. The van der Waals surface area contributed by atoms with Gasteiger partial charge in [-0.05, 0) is 45.9 Å². The minimum Gasteiger partial charge on any atom is -0.492 e. The summed E-state index contributed by atoms with van der Waals surface area (Å²) in [7, 11) is 0. The number of hydrogen-bond acceptors (Lipinski definition) is 11. The third kappa shape index (κ3) is 9.44. The van der Waals surface area contributed by atoms with Crippen molar-refractivity contribution in [3.8, 4) is 11.5 Å². The highest BCUT2D eigenvalue weighted by Crippen LogP contribution is 2.46. The van der Waals surface area contributed by atoms with Crippen molar-refractivity contribution in [1.82, 2.24) is 10.6 Å². The van der Waals surface area contributed by atoms with Gasteiger partial charge in [0.25, 0.3) is 5.69 Å². The van der Waals surface area contributed by atoms with Gasteiger partial charge in [-0.3, -0.25) is 10.1 Å². The van der Waals surface area contributed by atoms with Crippen LogP contribution in [-0.2, 0) is 19.1 Å². The van der Waals surface area contributed by atoms with Gasteiger partial charge in [0, 0.05) is 36.5 Å². The zero-order valence-corrected chi connectivity index (χ0v) is 25.7. The van der Waals surface area contributed by atoms with Gasteiger partial charge in [-0.2, -0.15) is 13.2 Å². The van der Waals surface area contributed by atoms with Crippen LogP contribution in [-0.4, -0.2) is 73.3 Å². The first kappa shape index (κ1) is 35.8. The highest BCUT2D eigenvalue weighted by atomic mass is 19.4. The van der Waals surface area contributed by atoms with Crippen LogP contribution in [0.4, 0.5) is 18.9 Å². The lowest BCUT2D eigenvalue weighted by Gasteiger charge is -2.33. The van der Waals surface area contributed by atoms with Crippen LogP contribution < -0.4 is 20.1 Å². The van der Waals surface area contributed by atoms with Crippen LogP contribution in [0.2, 0.25) is 0 Å². The van der Waals surface area contributed by atoms with Gasteiger partial charge in [0.05, 0.1) is 34.7 Å². The summed E-state index contributed by atoms with van der Waals surface area (Å²) < 4.78 is 64.7. The number of rotatable bonds is 15. The van der Waals surface area contributed by atoms with Crippen molar-refractivity contribution in [3.63, 3.8) is 0 Å². The zero-order chi connectivity index (χ0) is 34.0. The summed E-state index contributed by atoms with van der Waals surface area (Å²) in [4.78, 5) is 37.5. The van der Waals surface area contributed by atoms with E-state index < -0.39 is 58.1 Å². The van der Waals surface area contributed by atoms with Gasteiger partial charge < -0.3 is 34.7 Å². The molecule has 15 heteroatoms. The molecule has 0 radical (unpaired) electrons. The number of nitro groups is 1. The summed E-state index contributed by atoms with van der Waals surface area (Å²) in [5.74, 6) is -3.79. The molecule has 0 spiro atoms. The first-order chi connectivity index (χ1) is 21.7.